The molecule has 306 valence electrons. The van der Waals surface area contributed by atoms with E-state index in [-0.39, 0.29) is 0 Å². The molecule has 0 saturated carbocycles. The molecule has 3 aromatic heterocycles. The number of para-hydroxylation sites is 2. The second-order valence-corrected chi connectivity index (χ2v) is 17.3. The third kappa shape index (κ3) is 5.70. The SMILES string of the molecule is c1ccc(-c2nc(-c3ccc4ccccc4c3)nc(-c3cc(-n4c5ccccc5c5cc6ccc(-n7c8ccccc8c8cc9ccccc9cc87)cc6cc54)cc4ccccc34)n2)cc1. The molecule has 5 heteroatoms. The molecule has 0 amide bonds. The van der Waals surface area contributed by atoms with Crippen molar-refractivity contribution >= 4 is 86.7 Å². The summed E-state index contributed by atoms with van der Waals surface area (Å²) in [6, 6.07) is 80.7. The molecule has 0 bridgehead atoms. The molecule has 14 aromatic rings. The number of nitrogens with zero attached hydrogens (tertiary/aromatic N) is 5. The Labute approximate surface area is 379 Å². The predicted octanol–water partition coefficient (Wildman–Crippen LogP) is 15.7. The monoisotopic (exact) mass is 839 g/mol. The molecule has 0 aliphatic rings. The lowest BCUT2D eigenvalue weighted by Gasteiger charge is -2.15. The van der Waals surface area contributed by atoms with Crippen molar-refractivity contribution in [1.82, 2.24) is 24.1 Å². The Morgan fingerprint density at radius 3 is 1.44 bits per heavy atom. The molecule has 3 heterocycles. The fourth-order valence-electron chi connectivity index (χ4n) is 10.3. The summed E-state index contributed by atoms with van der Waals surface area (Å²) in [5, 5.41) is 14.2. The average molecular weight is 840 g/mol. The quantitative estimate of drug-likeness (QED) is 0.173. The highest BCUT2D eigenvalue weighted by Gasteiger charge is 2.20. The Bertz CT molecular complexity index is 4290. The van der Waals surface area contributed by atoms with Gasteiger partial charge in [0.25, 0.3) is 0 Å². The van der Waals surface area contributed by atoms with E-state index in [1.807, 2.05) is 18.2 Å². The summed E-state index contributed by atoms with van der Waals surface area (Å²) in [7, 11) is 0. The zero-order valence-electron chi connectivity index (χ0n) is 35.6. The van der Waals surface area contributed by atoms with Crippen LogP contribution in [0.5, 0.6) is 0 Å². The molecular formula is C61H37N5. The molecule has 0 spiro atoms. The number of hydrogen-bond donors (Lipinski definition) is 0. The Balaban J connectivity index is 0.998. The summed E-state index contributed by atoms with van der Waals surface area (Å²) in [5.41, 5.74) is 9.65. The van der Waals surface area contributed by atoms with E-state index in [4.69, 9.17) is 15.0 Å². The van der Waals surface area contributed by atoms with Gasteiger partial charge in [-0.15, -0.1) is 0 Å². The molecule has 66 heavy (non-hydrogen) atoms. The van der Waals surface area contributed by atoms with Crippen LogP contribution in [-0.2, 0) is 0 Å². The number of aromatic nitrogens is 5. The van der Waals surface area contributed by atoms with Gasteiger partial charge in [-0.3, -0.25) is 0 Å². The molecule has 0 N–H and O–H groups in total. The minimum atomic E-state index is 0.625. The maximum Gasteiger partial charge on any atom is 0.164 e. The summed E-state index contributed by atoms with van der Waals surface area (Å²) in [4.78, 5) is 15.7. The van der Waals surface area contributed by atoms with Crippen LogP contribution in [0.3, 0.4) is 0 Å². The average Bonchev–Trinajstić information content (AvgIpc) is 3.88. The Morgan fingerprint density at radius 1 is 0.242 bits per heavy atom. The van der Waals surface area contributed by atoms with Crippen molar-refractivity contribution in [1.29, 1.82) is 0 Å². The van der Waals surface area contributed by atoms with Crippen LogP contribution < -0.4 is 0 Å². The van der Waals surface area contributed by atoms with E-state index in [0.717, 1.165) is 55.3 Å². The van der Waals surface area contributed by atoms with Gasteiger partial charge in [0.1, 0.15) is 0 Å². The van der Waals surface area contributed by atoms with Crippen molar-refractivity contribution < 1.29 is 0 Å². The minimum Gasteiger partial charge on any atom is -0.309 e. The van der Waals surface area contributed by atoms with Crippen molar-refractivity contribution in [3.63, 3.8) is 0 Å². The molecule has 0 unspecified atom stereocenters. The van der Waals surface area contributed by atoms with Gasteiger partial charge in [-0.2, -0.15) is 0 Å². The maximum atomic E-state index is 5.30. The van der Waals surface area contributed by atoms with Gasteiger partial charge >= 0.3 is 0 Å². The first-order valence-corrected chi connectivity index (χ1v) is 22.4. The zero-order valence-corrected chi connectivity index (χ0v) is 35.6. The lowest BCUT2D eigenvalue weighted by molar-refractivity contribution is 1.07. The fraction of sp³-hybridized carbons (Fsp3) is 0. The van der Waals surface area contributed by atoms with E-state index in [1.54, 1.807) is 0 Å². The number of benzene rings is 11. The third-order valence-electron chi connectivity index (χ3n) is 13.4. The van der Waals surface area contributed by atoms with Crippen molar-refractivity contribution in [3.8, 4) is 45.5 Å². The summed E-state index contributed by atoms with van der Waals surface area (Å²) in [6.07, 6.45) is 0. The first kappa shape index (κ1) is 36.5. The van der Waals surface area contributed by atoms with Crippen molar-refractivity contribution in [2.75, 3.05) is 0 Å². The Kier molecular flexibility index (Phi) is 7.91. The molecule has 0 radical (unpaired) electrons. The van der Waals surface area contributed by atoms with Gasteiger partial charge in [0.2, 0.25) is 0 Å². The van der Waals surface area contributed by atoms with Crippen LogP contribution in [0.25, 0.3) is 132 Å². The van der Waals surface area contributed by atoms with Gasteiger partial charge in [-0.05, 0) is 110 Å². The standard InChI is InChI=1S/C61H37N5/c1-2-15-39(16-3-1)59-62-60(45-27-26-38-14-4-5-17-40(38)30-45)64-61(63-59)54-37-48(31-44-20-8-9-21-49(44)54)66-56-25-13-11-23-51(56)53-34-43-28-29-47(32-46(43)36-58(53)66)65-55-24-12-10-22-50(55)52-33-41-18-6-7-19-42(41)35-57(52)65/h1-37H. The molecule has 0 saturated heterocycles. The maximum absolute atomic E-state index is 5.30. The lowest BCUT2D eigenvalue weighted by atomic mass is 10.0. The van der Waals surface area contributed by atoms with Gasteiger partial charge in [0, 0.05) is 49.6 Å². The topological polar surface area (TPSA) is 48.5 Å². The highest BCUT2D eigenvalue weighted by atomic mass is 15.0. The van der Waals surface area contributed by atoms with E-state index >= 15 is 0 Å². The predicted molar refractivity (Wildman–Crippen MR) is 275 cm³/mol. The van der Waals surface area contributed by atoms with Crippen molar-refractivity contribution in [2.24, 2.45) is 0 Å². The first-order valence-electron chi connectivity index (χ1n) is 22.4. The van der Waals surface area contributed by atoms with Crippen LogP contribution in [0, 0.1) is 0 Å². The fourth-order valence-corrected chi connectivity index (χ4v) is 10.3. The van der Waals surface area contributed by atoms with Gasteiger partial charge in [-0.1, -0.05) is 158 Å². The second kappa shape index (κ2) is 14.3. The summed E-state index contributed by atoms with van der Waals surface area (Å²) in [5.74, 6) is 1.89. The first-order chi connectivity index (χ1) is 32.7. The van der Waals surface area contributed by atoms with Crippen LogP contribution >= 0.6 is 0 Å². The molecule has 14 rings (SSSR count). The zero-order chi connectivity index (χ0) is 43.3. The van der Waals surface area contributed by atoms with E-state index in [0.29, 0.717) is 17.5 Å². The van der Waals surface area contributed by atoms with E-state index in [2.05, 4.69) is 215 Å². The van der Waals surface area contributed by atoms with Gasteiger partial charge < -0.3 is 9.13 Å². The van der Waals surface area contributed by atoms with E-state index in [1.165, 1.54) is 59.5 Å². The Hall–Kier alpha value is -8.93. The Morgan fingerprint density at radius 2 is 0.727 bits per heavy atom. The van der Waals surface area contributed by atoms with Crippen molar-refractivity contribution in [3.05, 3.63) is 224 Å². The largest absolute Gasteiger partial charge is 0.309 e. The highest BCUT2D eigenvalue weighted by Crippen LogP contribution is 2.40. The number of hydrogen-bond acceptors (Lipinski definition) is 3. The summed E-state index contributed by atoms with van der Waals surface area (Å²) in [6.45, 7) is 0. The van der Waals surface area contributed by atoms with E-state index in [9.17, 15) is 0 Å². The van der Waals surface area contributed by atoms with Crippen LogP contribution in [0.2, 0.25) is 0 Å². The van der Waals surface area contributed by atoms with Gasteiger partial charge in [-0.25, -0.2) is 15.0 Å². The second-order valence-electron chi connectivity index (χ2n) is 17.3. The van der Waals surface area contributed by atoms with Gasteiger partial charge in [0.05, 0.1) is 22.1 Å². The normalized spacial score (nSPS) is 11.9. The molecule has 0 aliphatic carbocycles. The molecule has 5 nitrogen and oxygen atoms in total. The van der Waals surface area contributed by atoms with Crippen molar-refractivity contribution in [2.45, 2.75) is 0 Å². The molecule has 0 fully saturated rings. The van der Waals surface area contributed by atoms with Crippen LogP contribution in [0.15, 0.2) is 224 Å². The van der Waals surface area contributed by atoms with E-state index < -0.39 is 0 Å². The minimum absolute atomic E-state index is 0.625. The molecule has 0 atom stereocenters. The third-order valence-corrected chi connectivity index (χ3v) is 13.4. The summed E-state index contributed by atoms with van der Waals surface area (Å²) < 4.78 is 4.85. The van der Waals surface area contributed by atoms with Crippen LogP contribution in [0.4, 0.5) is 0 Å². The smallest absolute Gasteiger partial charge is 0.164 e. The number of fused-ring (bicyclic) bond motifs is 10. The highest BCUT2D eigenvalue weighted by molar-refractivity contribution is 6.16. The molecular weight excluding hydrogens is 803 g/mol. The van der Waals surface area contributed by atoms with Crippen LogP contribution in [0.1, 0.15) is 0 Å². The summed E-state index contributed by atoms with van der Waals surface area (Å²) >= 11 is 0. The molecule has 11 aromatic carbocycles. The van der Waals surface area contributed by atoms with Crippen LogP contribution in [-0.4, -0.2) is 24.1 Å². The molecule has 0 aliphatic heterocycles. The lowest BCUT2D eigenvalue weighted by Crippen LogP contribution is -2.02. The van der Waals surface area contributed by atoms with Gasteiger partial charge in [0.15, 0.2) is 17.5 Å². The number of rotatable bonds is 5.